The van der Waals surface area contributed by atoms with Gasteiger partial charge in [0.2, 0.25) is 0 Å². The predicted octanol–water partition coefficient (Wildman–Crippen LogP) is 4.00. The second kappa shape index (κ2) is 9.74. The molecule has 0 unspecified atom stereocenters. The number of hydrogen-bond acceptors (Lipinski definition) is 5. The largest absolute Gasteiger partial charge is 0.495 e. The van der Waals surface area contributed by atoms with Crippen molar-refractivity contribution in [1.29, 1.82) is 0 Å². The molecule has 0 radical (unpaired) electrons. The highest BCUT2D eigenvalue weighted by atomic mass is 19.4. The summed E-state index contributed by atoms with van der Waals surface area (Å²) in [5.41, 5.74) is -1.58. The normalized spacial score (nSPS) is 11.3. The highest BCUT2D eigenvalue weighted by Gasteiger charge is 2.31. The van der Waals surface area contributed by atoms with Crippen molar-refractivity contribution < 1.29 is 41.7 Å². The van der Waals surface area contributed by atoms with E-state index in [9.17, 15) is 27.2 Å². The predicted molar refractivity (Wildman–Crippen MR) is 99.2 cm³/mol. The molecule has 0 aliphatic rings. The van der Waals surface area contributed by atoms with Crippen molar-refractivity contribution in [2.75, 3.05) is 24.5 Å². The van der Waals surface area contributed by atoms with E-state index in [1.807, 2.05) is 0 Å². The number of aliphatic hydroxyl groups excluding tert-OH is 1. The van der Waals surface area contributed by atoms with Crippen LogP contribution in [0.2, 0.25) is 0 Å². The third kappa shape index (κ3) is 5.95. The summed E-state index contributed by atoms with van der Waals surface area (Å²) >= 11 is 0. The van der Waals surface area contributed by atoms with Gasteiger partial charge in [0.05, 0.1) is 24.0 Å². The number of carbonyl (C=O) groups excluding carboxylic acids is 2. The molecule has 0 bridgehead atoms. The van der Waals surface area contributed by atoms with Gasteiger partial charge in [0.1, 0.15) is 11.6 Å². The summed E-state index contributed by atoms with van der Waals surface area (Å²) in [4.78, 5) is 23.6. The number of amides is 2. The monoisotopic (exact) mass is 428 g/mol. The number of para-hydroxylation sites is 1. The second-order valence-electron chi connectivity index (χ2n) is 5.62. The molecular formula is C19H16F4N2O5. The zero-order valence-corrected chi connectivity index (χ0v) is 15.4. The second-order valence-corrected chi connectivity index (χ2v) is 5.62. The Hall–Kier alpha value is -3.60. The smallest absolute Gasteiger partial charge is 0.416 e. The van der Waals surface area contributed by atoms with E-state index in [4.69, 9.17) is 9.84 Å². The van der Waals surface area contributed by atoms with Crippen LogP contribution < -0.4 is 15.4 Å². The van der Waals surface area contributed by atoms with Crippen molar-refractivity contribution >= 4 is 29.5 Å². The Labute approximate surface area is 167 Å². The number of alkyl halides is 3. The number of urea groups is 1. The summed E-state index contributed by atoms with van der Waals surface area (Å²) in [7, 11) is 1.21. The van der Waals surface area contributed by atoms with Crippen LogP contribution in [0, 0.1) is 5.82 Å². The van der Waals surface area contributed by atoms with Crippen LogP contribution in [-0.2, 0) is 15.7 Å². The Bertz CT molecular complexity index is 960. The molecule has 0 aromatic heterocycles. The van der Waals surface area contributed by atoms with Crippen LogP contribution in [0.4, 0.5) is 33.7 Å². The quantitative estimate of drug-likeness (QED) is 0.280. The Balaban J connectivity index is 2.26. The van der Waals surface area contributed by atoms with E-state index >= 15 is 0 Å². The molecule has 0 saturated heterocycles. The molecular weight excluding hydrogens is 412 g/mol. The van der Waals surface area contributed by atoms with Gasteiger partial charge in [0.25, 0.3) is 0 Å². The standard InChI is InChI=1S/C19H16F4N2O5/c1-29-15-7-6-12(19(21,22)23)9-14(15)24-18(28)25-17-11(3-2-4-13(17)20)5-8-16(27)30-10-26/h2-9,26H,10H2,1H3,(H2,24,25,28). The Morgan fingerprint density at radius 3 is 2.53 bits per heavy atom. The number of rotatable bonds is 6. The molecule has 2 amide bonds. The van der Waals surface area contributed by atoms with E-state index in [1.54, 1.807) is 0 Å². The average molecular weight is 428 g/mol. The van der Waals surface area contributed by atoms with Crippen LogP contribution in [0.3, 0.4) is 0 Å². The minimum Gasteiger partial charge on any atom is -0.495 e. The molecule has 7 nitrogen and oxygen atoms in total. The molecule has 0 fully saturated rings. The number of anilines is 2. The van der Waals surface area contributed by atoms with E-state index in [1.165, 1.54) is 19.2 Å². The van der Waals surface area contributed by atoms with Crippen LogP contribution in [-0.4, -0.2) is 31.0 Å². The number of ether oxygens (including phenoxy) is 2. The van der Waals surface area contributed by atoms with Gasteiger partial charge in [0, 0.05) is 11.6 Å². The number of esters is 1. The summed E-state index contributed by atoms with van der Waals surface area (Å²) in [6.45, 7) is -0.849. The minimum atomic E-state index is -4.65. The summed E-state index contributed by atoms with van der Waals surface area (Å²) < 4.78 is 62.2. The van der Waals surface area contributed by atoms with Gasteiger partial charge in [-0.2, -0.15) is 13.2 Å². The fraction of sp³-hybridized carbons (Fsp3) is 0.158. The lowest BCUT2D eigenvalue weighted by molar-refractivity contribution is -0.145. The number of methoxy groups -OCH3 is 1. The van der Waals surface area contributed by atoms with E-state index in [0.29, 0.717) is 6.07 Å². The molecule has 3 N–H and O–H groups in total. The van der Waals surface area contributed by atoms with Crippen LogP contribution in [0.15, 0.2) is 42.5 Å². The molecule has 0 heterocycles. The number of nitrogens with one attached hydrogen (secondary N) is 2. The first-order valence-corrected chi connectivity index (χ1v) is 8.23. The molecule has 2 rings (SSSR count). The fourth-order valence-corrected chi connectivity index (χ4v) is 2.33. The van der Waals surface area contributed by atoms with Crippen LogP contribution in [0.25, 0.3) is 6.08 Å². The number of hydrogen-bond donors (Lipinski definition) is 3. The lowest BCUT2D eigenvalue weighted by Crippen LogP contribution is -2.21. The van der Waals surface area contributed by atoms with E-state index in [2.05, 4.69) is 15.4 Å². The molecule has 30 heavy (non-hydrogen) atoms. The van der Waals surface area contributed by atoms with Crippen molar-refractivity contribution in [3.63, 3.8) is 0 Å². The van der Waals surface area contributed by atoms with Gasteiger partial charge < -0.3 is 25.2 Å². The summed E-state index contributed by atoms with van der Waals surface area (Å²) in [6, 6.07) is 5.15. The van der Waals surface area contributed by atoms with Crippen molar-refractivity contribution in [1.82, 2.24) is 0 Å². The van der Waals surface area contributed by atoms with Crippen molar-refractivity contribution in [3.05, 3.63) is 59.4 Å². The Morgan fingerprint density at radius 2 is 1.90 bits per heavy atom. The van der Waals surface area contributed by atoms with Crippen molar-refractivity contribution in [2.24, 2.45) is 0 Å². The maximum atomic E-state index is 14.2. The van der Waals surface area contributed by atoms with Crippen LogP contribution in [0.1, 0.15) is 11.1 Å². The van der Waals surface area contributed by atoms with E-state index in [0.717, 1.165) is 30.4 Å². The molecule has 2 aromatic rings. The van der Waals surface area contributed by atoms with Gasteiger partial charge in [-0.25, -0.2) is 14.0 Å². The molecule has 0 spiro atoms. The van der Waals surface area contributed by atoms with Crippen LogP contribution >= 0.6 is 0 Å². The van der Waals surface area contributed by atoms with E-state index in [-0.39, 0.29) is 22.7 Å². The third-order valence-electron chi connectivity index (χ3n) is 3.67. The molecule has 2 aromatic carbocycles. The summed E-state index contributed by atoms with van der Waals surface area (Å²) in [6.07, 6.45) is -2.63. The first kappa shape index (κ1) is 22.7. The first-order chi connectivity index (χ1) is 14.2. The Morgan fingerprint density at radius 1 is 1.17 bits per heavy atom. The molecule has 0 atom stereocenters. The SMILES string of the molecule is COc1ccc(C(F)(F)F)cc1NC(=O)Nc1c(F)cccc1C=CC(=O)OCO. The van der Waals surface area contributed by atoms with Gasteiger partial charge in [-0.15, -0.1) is 0 Å². The highest BCUT2D eigenvalue weighted by Crippen LogP contribution is 2.35. The first-order valence-electron chi connectivity index (χ1n) is 8.23. The van der Waals surface area contributed by atoms with Gasteiger partial charge in [-0.1, -0.05) is 12.1 Å². The highest BCUT2D eigenvalue weighted by molar-refractivity contribution is 6.02. The van der Waals surface area contributed by atoms with Gasteiger partial charge in [-0.3, -0.25) is 0 Å². The maximum absolute atomic E-state index is 14.2. The third-order valence-corrected chi connectivity index (χ3v) is 3.67. The average Bonchev–Trinajstić information content (AvgIpc) is 2.68. The molecule has 0 aliphatic heterocycles. The number of carbonyl (C=O) groups is 2. The van der Waals surface area contributed by atoms with Crippen molar-refractivity contribution in [2.45, 2.75) is 6.18 Å². The van der Waals surface area contributed by atoms with E-state index < -0.39 is 36.4 Å². The van der Waals surface area contributed by atoms with Gasteiger partial charge in [-0.05, 0) is 30.3 Å². The fourth-order valence-electron chi connectivity index (χ4n) is 2.33. The topological polar surface area (TPSA) is 96.9 Å². The zero-order valence-electron chi connectivity index (χ0n) is 15.4. The van der Waals surface area contributed by atoms with Gasteiger partial charge in [0.15, 0.2) is 6.79 Å². The number of benzene rings is 2. The summed E-state index contributed by atoms with van der Waals surface area (Å²) in [5, 5.41) is 12.9. The minimum absolute atomic E-state index is 0.0430. The lowest BCUT2D eigenvalue weighted by atomic mass is 10.1. The maximum Gasteiger partial charge on any atom is 0.416 e. The molecule has 0 saturated carbocycles. The van der Waals surface area contributed by atoms with Crippen molar-refractivity contribution in [3.8, 4) is 5.75 Å². The molecule has 11 heteroatoms. The lowest BCUT2D eigenvalue weighted by Gasteiger charge is -2.15. The molecule has 0 aliphatic carbocycles. The number of halogens is 4. The Kier molecular flexibility index (Phi) is 7.37. The van der Waals surface area contributed by atoms with Gasteiger partial charge >= 0.3 is 18.2 Å². The van der Waals surface area contributed by atoms with Crippen LogP contribution in [0.5, 0.6) is 5.75 Å². The summed E-state index contributed by atoms with van der Waals surface area (Å²) in [5.74, 6) is -1.82. The number of aliphatic hydroxyl groups is 1. The molecule has 160 valence electrons. The zero-order chi connectivity index (χ0) is 22.3.